The lowest BCUT2D eigenvalue weighted by molar-refractivity contribution is 0.483. The summed E-state index contributed by atoms with van der Waals surface area (Å²) in [6.07, 6.45) is 5.75. The maximum Gasteiger partial charge on any atom is 0.145 e. The molecule has 0 saturated heterocycles. The average Bonchev–Trinajstić information content (AvgIpc) is 3.72. The number of benzene rings is 5. The minimum absolute atomic E-state index is 0.132. The van der Waals surface area contributed by atoms with E-state index in [1.165, 1.54) is 31.7 Å². The van der Waals surface area contributed by atoms with E-state index in [1.54, 1.807) is 0 Å². The maximum atomic E-state index is 6.58. The van der Waals surface area contributed by atoms with Gasteiger partial charge in [0, 0.05) is 61.4 Å². The van der Waals surface area contributed by atoms with Gasteiger partial charge in [0.05, 0.1) is 16.7 Å². The van der Waals surface area contributed by atoms with Gasteiger partial charge in [-0.1, -0.05) is 68.1 Å². The molecule has 0 spiro atoms. The van der Waals surface area contributed by atoms with Crippen molar-refractivity contribution in [3.05, 3.63) is 145 Å². The van der Waals surface area contributed by atoms with Crippen LogP contribution in [-0.4, -0.2) is 18.9 Å². The molecule has 5 nitrogen and oxygen atoms in total. The largest absolute Gasteiger partial charge is 0.457 e. The summed E-state index contributed by atoms with van der Waals surface area (Å²) in [6.45, 7) is 4.67. The fourth-order valence-electron chi connectivity index (χ4n) is 7.48. The first-order chi connectivity index (χ1) is 23.0. The Bertz CT molecular complexity index is 2740. The summed E-state index contributed by atoms with van der Waals surface area (Å²) in [4.78, 5) is 12.2. The molecule has 5 heterocycles. The van der Waals surface area contributed by atoms with E-state index >= 15 is 0 Å². The molecule has 10 rings (SSSR count). The van der Waals surface area contributed by atoms with Crippen LogP contribution in [0.2, 0.25) is 0 Å². The van der Waals surface area contributed by atoms with E-state index in [2.05, 4.69) is 120 Å². The summed E-state index contributed by atoms with van der Waals surface area (Å²) in [5, 5.41) is 5.74. The zero-order valence-electron chi connectivity index (χ0n) is 25.8. The number of para-hydroxylation sites is 1. The fourth-order valence-corrected chi connectivity index (χ4v) is 8.89. The van der Waals surface area contributed by atoms with Gasteiger partial charge in [-0.05, 0) is 83.2 Å². The molecule has 0 aliphatic carbocycles. The van der Waals surface area contributed by atoms with Crippen LogP contribution >= 0.6 is 11.8 Å². The molecule has 0 radical (unpaired) electrons. The Kier molecular flexibility index (Phi) is 5.50. The third-order valence-corrected chi connectivity index (χ3v) is 10.9. The first-order valence-electron chi connectivity index (χ1n) is 15.8. The van der Waals surface area contributed by atoms with Crippen molar-refractivity contribution in [2.75, 3.05) is 0 Å². The van der Waals surface area contributed by atoms with Gasteiger partial charge >= 0.3 is 0 Å². The summed E-state index contributed by atoms with van der Waals surface area (Å²) < 4.78 is 11.0. The van der Waals surface area contributed by atoms with Crippen molar-refractivity contribution in [2.24, 2.45) is 0 Å². The number of hydrogen-bond donors (Lipinski definition) is 0. The number of nitrogens with zero attached hydrogens (tertiary/aromatic N) is 4. The van der Waals surface area contributed by atoms with Crippen molar-refractivity contribution in [2.45, 2.75) is 29.1 Å². The number of rotatable bonds is 3. The average molecular weight is 625 g/mol. The summed E-state index contributed by atoms with van der Waals surface area (Å²) in [7, 11) is 0. The molecular formula is C41H28N4OS. The molecule has 0 saturated carbocycles. The molecule has 9 aromatic rings. The maximum absolute atomic E-state index is 6.58. The number of fused-ring (bicyclic) bond motifs is 11. The van der Waals surface area contributed by atoms with Crippen LogP contribution in [-0.2, 0) is 5.41 Å². The van der Waals surface area contributed by atoms with E-state index in [4.69, 9.17) is 14.7 Å². The van der Waals surface area contributed by atoms with Crippen molar-refractivity contribution in [3.8, 4) is 17.2 Å². The van der Waals surface area contributed by atoms with Crippen molar-refractivity contribution in [1.29, 1.82) is 0 Å². The number of imidazole rings is 1. The van der Waals surface area contributed by atoms with Crippen LogP contribution < -0.4 is 4.74 Å². The van der Waals surface area contributed by atoms with Gasteiger partial charge in [0.15, 0.2) is 0 Å². The number of aromatic nitrogens is 4. The first-order valence-corrected chi connectivity index (χ1v) is 16.6. The van der Waals surface area contributed by atoms with E-state index in [0.29, 0.717) is 0 Å². The normalized spacial score (nSPS) is 13.8. The van der Waals surface area contributed by atoms with Gasteiger partial charge in [0.25, 0.3) is 0 Å². The van der Waals surface area contributed by atoms with Gasteiger partial charge in [-0.15, -0.1) is 0 Å². The Balaban J connectivity index is 1.11. The number of pyridine rings is 2. The van der Waals surface area contributed by atoms with Crippen molar-refractivity contribution < 1.29 is 4.74 Å². The lowest BCUT2D eigenvalue weighted by Gasteiger charge is -2.34. The van der Waals surface area contributed by atoms with Gasteiger partial charge in [0.2, 0.25) is 0 Å². The van der Waals surface area contributed by atoms with Crippen LogP contribution in [0.25, 0.3) is 54.9 Å². The molecule has 6 heteroatoms. The third kappa shape index (κ3) is 3.85. The molecule has 0 amide bonds. The van der Waals surface area contributed by atoms with Gasteiger partial charge in [-0.3, -0.25) is 8.97 Å². The van der Waals surface area contributed by atoms with Gasteiger partial charge < -0.3 is 4.74 Å². The highest BCUT2D eigenvalue weighted by Gasteiger charge is 2.34. The van der Waals surface area contributed by atoms with Crippen LogP contribution in [0.4, 0.5) is 0 Å². The van der Waals surface area contributed by atoms with E-state index < -0.39 is 0 Å². The fraction of sp³-hybridized carbons (Fsp3) is 0.0732. The van der Waals surface area contributed by atoms with Gasteiger partial charge in [-0.25, -0.2) is 9.97 Å². The Labute approximate surface area is 275 Å². The third-order valence-electron chi connectivity index (χ3n) is 9.72. The second kappa shape index (κ2) is 9.71. The lowest BCUT2D eigenvalue weighted by atomic mass is 9.77. The van der Waals surface area contributed by atoms with Crippen LogP contribution in [0.5, 0.6) is 11.5 Å². The lowest BCUT2D eigenvalue weighted by Crippen LogP contribution is -2.23. The molecule has 0 atom stereocenters. The monoisotopic (exact) mass is 624 g/mol. The van der Waals surface area contributed by atoms with Crippen molar-refractivity contribution >= 4 is 61.0 Å². The molecule has 0 unspecified atom stereocenters. The molecule has 1 aliphatic heterocycles. The zero-order valence-corrected chi connectivity index (χ0v) is 26.6. The van der Waals surface area contributed by atoms with E-state index in [-0.39, 0.29) is 5.41 Å². The van der Waals surface area contributed by atoms with Crippen LogP contribution in [0, 0.1) is 0 Å². The standard InChI is InChI=1S/C41H28N4OS/c1-41(2)33-13-4-6-15-37(33)47-38-23-31-30-12-8-18-42-40(30)45(36(31)24-34(38)41)25-9-7-10-26(21-25)46-27-16-17-28-29-11-3-5-14-35(29)44-20-19-43-39(44)32(28)22-27/h3-24H,1-2H3. The van der Waals surface area contributed by atoms with E-state index in [9.17, 15) is 0 Å². The predicted molar refractivity (Wildman–Crippen MR) is 192 cm³/mol. The molecule has 5 aromatic carbocycles. The molecule has 1 aliphatic rings. The number of hydrogen-bond acceptors (Lipinski definition) is 4. The second-order valence-corrected chi connectivity index (χ2v) is 13.8. The Morgan fingerprint density at radius 1 is 0.574 bits per heavy atom. The van der Waals surface area contributed by atoms with Crippen LogP contribution in [0.15, 0.2) is 144 Å². The summed E-state index contributed by atoms with van der Waals surface area (Å²) >= 11 is 1.86. The highest BCUT2D eigenvalue weighted by Crippen LogP contribution is 2.51. The molecular weight excluding hydrogens is 597 g/mol. The summed E-state index contributed by atoms with van der Waals surface area (Å²) in [5.41, 5.74) is 7.70. The van der Waals surface area contributed by atoms with Gasteiger partial charge in [-0.2, -0.15) is 0 Å². The molecule has 224 valence electrons. The van der Waals surface area contributed by atoms with Crippen molar-refractivity contribution in [1.82, 2.24) is 18.9 Å². The first kappa shape index (κ1) is 26.6. The molecule has 4 aromatic heterocycles. The van der Waals surface area contributed by atoms with Crippen LogP contribution in [0.1, 0.15) is 25.0 Å². The molecule has 0 N–H and O–H groups in total. The topological polar surface area (TPSA) is 44.4 Å². The van der Waals surface area contributed by atoms with Crippen LogP contribution in [0.3, 0.4) is 0 Å². The Morgan fingerprint density at radius 3 is 2.36 bits per heavy atom. The molecule has 0 bridgehead atoms. The minimum Gasteiger partial charge on any atom is -0.457 e. The quantitative estimate of drug-likeness (QED) is 0.184. The molecule has 47 heavy (non-hydrogen) atoms. The van der Waals surface area contributed by atoms with E-state index in [0.717, 1.165) is 55.7 Å². The zero-order chi connectivity index (χ0) is 31.3. The molecule has 0 fully saturated rings. The predicted octanol–water partition coefficient (Wildman–Crippen LogP) is 10.7. The number of ether oxygens (including phenoxy) is 1. The Morgan fingerprint density at radius 2 is 1.40 bits per heavy atom. The highest BCUT2D eigenvalue weighted by atomic mass is 32.2. The SMILES string of the molecule is CC1(C)c2ccccc2Sc2cc3c4cccnc4n(-c4cccc(Oc5ccc6c7ccccc7n7ccnc7c6c5)c4)c3cc21. The summed E-state index contributed by atoms with van der Waals surface area (Å²) in [6, 6.07) is 40.8. The smallest absolute Gasteiger partial charge is 0.145 e. The minimum atomic E-state index is -0.132. The van der Waals surface area contributed by atoms with E-state index in [1.807, 2.05) is 48.6 Å². The second-order valence-electron chi connectivity index (χ2n) is 12.7. The highest BCUT2D eigenvalue weighted by molar-refractivity contribution is 7.99. The van der Waals surface area contributed by atoms with Crippen molar-refractivity contribution in [3.63, 3.8) is 0 Å². The van der Waals surface area contributed by atoms with Gasteiger partial charge in [0.1, 0.15) is 22.8 Å². The summed E-state index contributed by atoms with van der Waals surface area (Å²) in [5.74, 6) is 1.53. The Hall–Kier alpha value is -5.59.